The third-order valence-electron chi connectivity index (χ3n) is 2.26. The first-order valence-corrected chi connectivity index (χ1v) is 5.98. The van der Waals surface area contributed by atoms with Gasteiger partial charge in [0.1, 0.15) is 0 Å². The SMILES string of the molecule is Cc1ccc(C=Nc2ccccc2C(N)=O)s1. The van der Waals surface area contributed by atoms with Crippen molar-refractivity contribution in [3.8, 4) is 0 Å². The second kappa shape index (κ2) is 4.93. The van der Waals surface area contributed by atoms with Crippen LogP contribution in [0.1, 0.15) is 20.1 Å². The number of para-hydroxylation sites is 1. The lowest BCUT2D eigenvalue weighted by molar-refractivity contribution is 0.100. The van der Waals surface area contributed by atoms with Gasteiger partial charge in [-0.15, -0.1) is 11.3 Å². The maximum atomic E-state index is 11.2. The minimum Gasteiger partial charge on any atom is -0.366 e. The highest BCUT2D eigenvalue weighted by Gasteiger charge is 2.05. The van der Waals surface area contributed by atoms with Crippen molar-refractivity contribution in [1.82, 2.24) is 0 Å². The smallest absolute Gasteiger partial charge is 0.250 e. The van der Waals surface area contributed by atoms with Crippen LogP contribution in [0.25, 0.3) is 0 Å². The molecule has 3 nitrogen and oxygen atoms in total. The third-order valence-corrected chi connectivity index (χ3v) is 3.20. The third kappa shape index (κ3) is 2.79. The molecule has 17 heavy (non-hydrogen) atoms. The van der Waals surface area contributed by atoms with Gasteiger partial charge in [-0.2, -0.15) is 0 Å². The highest BCUT2D eigenvalue weighted by molar-refractivity contribution is 7.13. The van der Waals surface area contributed by atoms with E-state index >= 15 is 0 Å². The zero-order valence-corrected chi connectivity index (χ0v) is 10.2. The van der Waals surface area contributed by atoms with Crippen LogP contribution in [0.4, 0.5) is 5.69 Å². The van der Waals surface area contributed by atoms with E-state index in [0.717, 1.165) is 4.88 Å². The van der Waals surface area contributed by atoms with Gasteiger partial charge in [-0.05, 0) is 31.2 Å². The summed E-state index contributed by atoms with van der Waals surface area (Å²) in [6.07, 6.45) is 1.75. The number of primary amides is 1. The maximum Gasteiger partial charge on any atom is 0.250 e. The molecule has 4 heteroatoms. The predicted octanol–water partition coefficient (Wildman–Crippen LogP) is 2.91. The molecule has 2 aromatic rings. The Hall–Kier alpha value is -1.94. The number of benzene rings is 1. The standard InChI is InChI=1S/C13H12N2OS/c1-9-6-7-10(17-9)8-15-12-5-3-2-4-11(12)13(14)16/h2-8H,1H3,(H2,14,16). The van der Waals surface area contributed by atoms with Gasteiger partial charge in [-0.1, -0.05) is 12.1 Å². The summed E-state index contributed by atoms with van der Waals surface area (Å²) in [5.74, 6) is -0.458. The van der Waals surface area contributed by atoms with Crippen molar-refractivity contribution in [2.24, 2.45) is 10.7 Å². The van der Waals surface area contributed by atoms with E-state index in [1.54, 1.807) is 35.8 Å². The van der Waals surface area contributed by atoms with Crippen LogP contribution >= 0.6 is 11.3 Å². The largest absolute Gasteiger partial charge is 0.366 e. The van der Waals surface area contributed by atoms with Crippen molar-refractivity contribution in [1.29, 1.82) is 0 Å². The van der Waals surface area contributed by atoms with Crippen LogP contribution < -0.4 is 5.73 Å². The van der Waals surface area contributed by atoms with Crippen molar-refractivity contribution < 1.29 is 4.79 Å². The second-order valence-electron chi connectivity index (χ2n) is 3.59. The molecule has 0 saturated carbocycles. The normalized spacial score (nSPS) is 10.9. The average molecular weight is 244 g/mol. The van der Waals surface area contributed by atoms with Crippen LogP contribution in [0.5, 0.6) is 0 Å². The van der Waals surface area contributed by atoms with Gasteiger partial charge in [0.2, 0.25) is 0 Å². The zero-order valence-electron chi connectivity index (χ0n) is 9.38. The lowest BCUT2D eigenvalue weighted by Gasteiger charge is -1.99. The predicted molar refractivity (Wildman–Crippen MR) is 71.3 cm³/mol. The van der Waals surface area contributed by atoms with E-state index < -0.39 is 5.91 Å². The fraction of sp³-hybridized carbons (Fsp3) is 0.0769. The highest BCUT2D eigenvalue weighted by atomic mass is 32.1. The van der Waals surface area contributed by atoms with Crippen LogP contribution in [-0.2, 0) is 0 Å². The highest BCUT2D eigenvalue weighted by Crippen LogP contribution is 2.19. The summed E-state index contributed by atoms with van der Waals surface area (Å²) in [6.45, 7) is 2.04. The van der Waals surface area contributed by atoms with Crippen LogP contribution in [0, 0.1) is 6.92 Å². The molecule has 1 aromatic carbocycles. The number of rotatable bonds is 3. The molecular formula is C13H12N2OS. The Morgan fingerprint density at radius 1 is 1.29 bits per heavy atom. The van der Waals surface area contributed by atoms with Crippen LogP contribution in [0.15, 0.2) is 41.4 Å². The Morgan fingerprint density at radius 3 is 2.71 bits per heavy atom. The van der Waals surface area contributed by atoms with E-state index in [4.69, 9.17) is 5.73 Å². The molecule has 0 saturated heterocycles. The summed E-state index contributed by atoms with van der Waals surface area (Å²) in [7, 11) is 0. The first kappa shape index (κ1) is 11.5. The molecule has 86 valence electrons. The number of thiophene rings is 1. The van der Waals surface area contributed by atoms with Gasteiger partial charge in [0.05, 0.1) is 11.3 Å². The number of carbonyl (C=O) groups is 1. The molecule has 0 unspecified atom stereocenters. The molecule has 0 aliphatic heterocycles. The summed E-state index contributed by atoms with van der Waals surface area (Å²) in [5, 5.41) is 0. The van der Waals surface area contributed by atoms with Crippen molar-refractivity contribution in [2.45, 2.75) is 6.92 Å². The molecule has 0 fully saturated rings. The molecule has 1 heterocycles. The second-order valence-corrected chi connectivity index (χ2v) is 4.91. The van der Waals surface area contributed by atoms with Crippen LogP contribution in [0.3, 0.4) is 0 Å². The summed E-state index contributed by atoms with van der Waals surface area (Å²) in [4.78, 5) is 17.8. The fourth-order valence-electron chi connectivity index (χ4n) is 1.45. The first-order valence-electron chi connectivity index (χ1n) is 5.16. The van der Waals surface area contributed by atoms with E-state index in [-0.39, 0.29) is 0 Å². The average Bonchev–Trinajstić information content (AvgIpc) is 2.73. The van der Waals surface area contributed by atoms with Crippen molar-refractivity contribution >= 4 is 29.1 Å². The number of amides is 1. The lowest BCUT2D eigenvalue weighted by atomic mass is 10.2. The molecule has 0 bridgehead atoms. The Bertz CT molecular complexity index is 572. The van der Waals surface area contributed by atoms with E-state index in [0.29, 0.717) is 11.3 Å². The number of hydrogen-bond donors (Lipinski definition) is 1. The summed E-state index contributed by atoms with van der Waals surface area (Å²) >= 11 is 1.66. The van der Waals surface area contributed by atoms with E-state index in [2.05, 4.69) is 4.99 Å². The molecule has 1 amide bonds. The molecule has 2 rings (SSSR count). The van der Waals surface area contributed by atoms with E-state index in [9.17, 15) is 4.79 Å². The Labute approximate surface area is 104 Å². The molecule has 0 aliphatic rings. The Balaban J connectivity index is 2.30. The van der Waals surface area contributed by atoms with Gasteiger partial charge in [0.15, 0.2) is 0 Å². The number of nitrogens with zero attached hydrogens (tertiary/aromatic N) is 1. The quantitative estimate of drug-likeness (QED) is 0.829. The monoisotopic (exact) mass is 244 g/mol. The van der Waals surface area contributed by atoms with Gasteiger partial charge in [0.25, 0.3) is 5.91 Å². The fourth-order valence-corrected chi connectivity index (χ4v) is 2.20. The Kier molecular flexibility index (Phi) is 3.35. The van der Waals surface area contributed by atoms with Crippen molar-refractivity contribution in [2.75, 3.05) is 0 Å². The molecule has 0 radical (unpaired) electrons. The minimum atomic E-state index is -0.458. The minimum absolute atomic E-state index is 0.442. The van der Waals surface area contributed by atoms with Crippen LogP contribution in [-0.4, -0.2) is 12.1 Å². The van der Waals surface area contributed by atoms with Gasteiger partial charge >= 0.3 is 0 Å². The number of hydrogen-bond acceptors (Lipinski definition) is 3. The van der Waals surface area contributed by atoms with Crippen LogP contribution in [0.2, 0.25) is 0 Å². The van der Waals surface area contributed by atoms with Gasteiger partial charge < -0.3 is 5.73 Å². The van der Waals surface area contributed by atoms with Crippen molar-refractivity contribution in [3.05, 3.63) is 51.7 Å². The van der Waals surface area contributed by atoms with E-state index in [1.807, 2.05) is 25.1 Å². The molecule has 2 N–H and O–H groups in total. The summed E-state index contributed by atoms with van der Waals surface area (Å²) < 4.78 is 0. The summed E-state index contributed by atoms with van der Waals surface area (Å²) in [5.41, 5.74) is 6.32. The van der Waals surface area contributed by atoms with Gasteiger partial charge in [-0.3, -0.25) is 9.79 Å². The maximum absolute atomic E-state index is 11.2. The number of aryl methyl sites for hydroxylation is 1. The zero-order chi connectivity index (χ0) is 12.3. The van der Waals surface area contributed by atoms with Gasteiger partial charge in [0, 0.05) is 16.0 Å². The Morgan fingerprint density at radius 2 is 2.06 bits per heavy atom. The van der Waals surface area contributed by atoms with Gasteiger partial charge in [-0.25, -0.2) is 0 Å². The van der Waals surface area contributed by atoms with E-state index in [1.165, 1.54) is 4.88 Å². The molecule has 1 aromatic heterocycles. The lowest BCUT2D eigenvalue weighted by Crippen LogP contribution is -2.10. The van der Waals surface area contributed by atoms with Crippen molar-refractivity contribution in [3.63, 3.8) is 0 Å². The number of aliphatic imine (C=N–C) groups is 1. The molecular weight excluding hydrogens is 232 g/mol. The topological polar surface area (TPSA) is 55.4 Å². The summed E-state index contributed by atoms with van der Waals surface area (Å²) in [6, 6.07) is 11.1. The number of nitrogens with two attached hydrogens (primary N) is 1. The molecule has 0 spiro atoms. The molecule has 0 atom stereocenters. The first-order chi connectivity index (χ1) is 8.16. The molecule has 0 aliphatic carbocycles. The number of carbonyl (C=O) groups excluding carboxylic acids is 1.